The monoisotopic (exact) mass is 502 g/mol. The van der Waals surface area contributed by atoms with Crippen LogP contribution in [0.5, 0.6) is 5.75 Å². The number of primary amides is 1. The third kappa shape index (κ3) is 4.26. The number of aromatic amines is 1. The van der Waals surface area contributed by atoms with Crippen molar-refractivity contribution < 1.29 is 23.9 Å². The summed E-state index contributed by atoms with van der Waals surface area (Å²) in [7, 11) is 1.42. The van der Waals surface area contributed by atoms with E-state index in [1.165, 1.54) is 35.4 Å². The summed E-state index contributed by atoms with van der Waals surface area (Å²) in [6.45, 7) is 1.08. The van der Waals surface area contributed by atoms with Crippen LogP contribution in [0.25, 0.3) is 16.7 Å². The second kappa shape index (κ2) is 9.53. The van der Waals surface area contributed by atoms with E-state index in [4.69, 9.17) is 10.5 Å². The van der Waals surface area contributed by atoms with Crippen molar-refractivity contribution in [3.63, 3.8) is 0 Å². The van der Waals surface area contributed by atoms with Gasteiger partial charge in [-0.05, 0) is 12.1 Å². The number of hydrogen-bond donors (Lipinski definition) is 2. The first-order valence-corrected chi connectivity index (χ1v) is 11.3. The van der Waals surface area contributed by atoms with Crippen LogP contribution in [0, 0.1) is 0 Å². The highest BCUT2D eigenvalue weighted by Crippen LogP contribution is 2.32. The van der Waals surface area contributed by atoms with E-state index in [1.54, 1.807) is 29.2 Å². The topological polar surface area (TPSA) is 169 Å². The normalized spacial score (nSPS) is 13.5. The summed E-state index contributed by atoms with van der Waals surface area (Å²) in [5.74, 6) is -2.05. The number of carbonyl (C=O) groups is 4. The number of benzene rings is 1. The maximum atomic E-state index is 13.3. The molecule has 13 nitrogen and oxygen atoms in total. The Morgan fingerprint density at radius 1 is 1.00 bits per heavy atom. The third-order valence-electron chi connectivity index (χ3n) is 6.12. The van der Waals surface area contributed by atoms with Crippen molar-refractivity contribution in [3.8, 4) is 11.6 Å². The molecule has 0 atom stereocenters. The summed E-state index contributed by atoms with van der Waals surface area (Å²) in [6, 6.07) is 8.90. The van der Waals surface area contributed by atoms with Gasteiger partial charge in [-0.3, -0.25) is 19.2 Å². The number of nitrogens with zero attached hydrogens (tertiary/aromatic N) is 6. The second-order valence-electron chi connectivity index (χ2n) is 8.26. The van der Waals surface area contributed by atoms with E-state index in [1.807, 2.05) is 6.07 Å². The quantitative estimate of drug-likeness (QED) is 0.282. The minimum atomic E-state index is -0.804. The SMILES string of the molecule is COc1cnc(-n2cnc(C(N)=O)n2)c2[nH]cc(C(=O)C(=O)N3CCN(C(=O)c4ccccc4)CC3)c12. The Hall–Kier alpha value is -5.07. The van der Waals surface area contributed by atoms with Crippen LogP contribution in [0.3, 0.4) is 0 Å². The molecule has 3 aromatic heterocycles. The van der Waals surface area contributed by atoms with Gasteiger partial charge in [0, 0.05) is 37.9 Å². The number of fused-ring (bicyclic) bond motifs is 1. The van der Waals surface area contributed by atoms with E-state index in [0.717, 1.165) is 0 Å². The Labute approximate surface area is 209 Å². The average Bonchev–Trinajstić information content (AvgIpc) is 3.60. The van der Waals surface area contributed by atoms with Crippen molar-refractivity contribution >= 4 is 34.4 Å². The maximum Gasteiger partial charge on any atom is 0.295 e. The zero-order valence-electron chi connectivity index (χ0n) is 19.7. The summed E-state index contributed by atoms with van der Waals surface area (Å²) in [6.07, 6.45) is 4.05. The fourth-order valence-electron chi connectivity index (χ4n) is 4.22. The second-order valence-corrected chi connectivity index (χ2v) is 8.26. The zero-order valence-corrected chi connectivity index (χ0v) is 19.7. The van der Waals surface area contributed by atoms with Gasteiger partial charge in [0.05, 0.1) is 29.8 Å². The lowest BCUT2D eigenvalue weighted by molar-refractivity contribution is -0.127. The molecule has 0 radical (unpaired) electrons. The van der Waals surface area contributed by atoms with Gasteiger partial charge in [-0.15, -0.1) is 5.10 Å². The number of pyridine rings is 1. The lowest BCUT2D eigenvalue weighted by Crippen LogP contribution is -2.52. The van der Waals surface area contributed by atoms with Crippen LogP contribution in [0.2, 0.25) is 0 Å². The molecule has 1 fully saturated rings. The van der Waals surface area contributed by atoms with Crippen LogP contribution in [-0.4, -0.2) is 91.3 Å². The number of ether oxygens (including phenoxy) is 1. The fourth-order valence-corrected chi connectivity index (χ4v) is 4.22. The predicted octanol–water partition coefficient (Wildman–Crippen LogP) is 0.418. The van der Waals surface area contributed by atoms with E-state index in [0.29, 0.717) is 29.6 Å². The van der Waals surface area contributed by atoms with Gasteiger partial charge < -0.3 is 25.3 Å². The molecule has 1 aliphatic rings. The Balaban J connectivity index is 1.38. The van der Waals surface area contributed by atoms with Gasteiger partial charge >= 0.3 is 0 Å². The van der Waals surface area contributed by atoms with E-state index in [9.17, 15) is 19.2 Å². The molecule has 3 N–H and O–H groups in total. The average molecular weight is 502 g/mol. The molecular formula is C24H22N8O5. The number of ketones is 1. The van der Waals surface area contributed by atoms with Gasteiger partial charge in [0.15, 0.2) is 5.82 Å². The van der Waals surface area contributed by atoms with Crippen molar-refractivity contribution in [1.29, 1.82) is 0 Å². The number of H-pyrrole nitrogens is 1. The molecule has 1 aromatic carbocycles. The van der Waals surface area contributed by atoms with Crippen LogP contribution in [0.4, 0.5) is 0 Å². The van der Waals surface area contributed by atoms with E-state index in [-0.39, 0.29) is 42.0 Å². The number of nitrogens with two attached hydrogens (primary N) is 1. The Morgan fingerprint density at radius 2 is 1.70 bits per heavy atom. The maximum absolute atomic E-state index is 13.3. The molecule has 37 heavy (non-hydrogen) atoms. The third-order valence-corrected chi connectivity index (χ3v) is 6.12. The molecule has 5 rings (SSSR count). The summed E-state index contributed by atoms with van der Waals surface area (Å²) in [4.78, 5) is 64.7. The molecular weight excluding hydrogens is 480 g/mol. The van der Waals surface area contributed by atoms with Gasteiger partial charge in [-0.25, -0.2) is 9.97 Å². The van der Waals surface area contributed by atoms with Gasteiger partial charge in [-0.2, -0.15) is 4.68 Å². The minimum absolute atomic E-state index is 0.0959. The molecule has 0 spiro atoms. The van der Waals surface area contributed by atoms with E-state index >= 15 is 0 Å². The molecule has 0 bridgehead atoms. The molecule has 1 saturated heterocycles. The van der Waals surface area contributed by atoms with Gasteiger partial charge in [0.25, 0.3) is 23.5 Å². The van der Waals surface area contributed by atoms with Crippen molar-refractivity contribution in [1.82, 2.24) is 34.5 Å². The number of carbonyl (C=O) groups excluding carboxylic acids is 4. The van der Waals surface area contributed by atoms with E-state index < -0.39 is 17.6 Å². The smallest absolute Gasteiger partial charge is 0.295 e. The molecule has 0 unspecified atom stereocenters. The van der Waals surface area contributed by atoms with Crippen molar-refractivity contribution in [2.45, 2.75) is 0 Å². The number of rotatable bonds is 6. The summed E-state index contributed by atoms with van der Waals surface area (Å²) >= 11 is 0. The molecule has 13 heteroatoms. The first kappa shape index (κ1) is 23.7. The Kier molecular flexibility index (Phi) is 6.09. The Bertz CT molecular complexity index is 1520. The van der Waals surface area contributed by atoms with Crippen LogP contribution < -0.4 is 10.5 Å². The van der Waals surface area contributed by atoms with Crippen LogP contribution >= 0.6 is 0 Å². The van der Waals surface area contributed by atoms with Gasteiger partial charge in [0.1, 0.15) is 12.1 Å². The highest BCUT2D eigenvalue weighted by molar-refractivity contribution is 6.45. The van der Waals surface area contributed by atoms with Gasteiger partial charge in [-0.1, -0.05) is 18.2 Å². The molecule has 188 valence electrons. The Morgan fingerprint density at radius 3 is 2.35 bits per heavy atom. The standard InChI is InChI=1S/C24H22N8O5/c1-37-16-12-27-22(32-13-28-21(29-32)20(25)34)18-17(16)15(11-26-18)19(33)24(36)31-9-7-30(8-10-31)23(35)14-5-3-2-4-6-14/h2-6,11-13,26H,7-10H2,1H3,(H2,25,34). The number of methoxy groups -OCH3 is 1. The predicted molar refractivity (Wildman–Crippen MR) is 129 cm³/mol. The first-order valence-electron chi connectivity index (χ1n) is 11.3. The minimum Gasteiger partial charge on any atom is -0.494 e. The van der Waals surface area contributed by atoms with Crippen LogP contribution in [0.1, 0.15) is 31.3 Å². The number of piperazine rings is 1. The van der Waals surface area contributed by atoms with Crippen LogP contribution in [0.15, 0.2) is 49.1 Å². The first-order chi connectivity index (χ1) is 17.9. The molecule has 0 saturated carbocycles. The highest BCUT2D eigenvalue weighted by Gasteiger charge is 2.31. The molecule has 3 amide bonds. The molecule has 4 aromatic rings. The lowest BCUT2D eigenvalue weighted by Gasteiger charge is -2.34. The van der Waals surface area contributed by atoms with Crippen molar-refractivity contribution in [3.05, 3.63) is 66.0 Å². The molecule has 1 aliphatic heterocycles. The van der Waals surface area contributed by atoms with E-state index in [2.05, 4.69) is 20.1 Å². The number of hydrogen-bond acceptors (Lipinski definition) is 8. The summed E-state index contributed by atoms with van der Waals surface area (Å²) in [5, 5.41) is 4.34. The summed E-state index contributed by atoms with van der Waals surface area (Å²) < 4.78 is 6.63. The molecule has 4 heterocycles. The van der Waals surface area contributed by atoms with Gasteiger partial charge in [0.2, 0.25) is 5.82 Å². The van der Waals surface area contributed by atoms with Crippen molar-refractivity contribution in [2.75, 3.05) is 33.3 Å². The molecule has 0 aliphatic carbocycles. The van der Waals surface area contributed by atoms with Crippen molar-refractivity contribution in [2.24, 2.45) is 5.73 Å². The fraction of sp³-hybridized carbons (Fsp3) is 0.208. The van der Waals surface area contributed by atoms with Crippen LogP contribution in [-0.2, 0) is 4.79 Å². The zero-order chi connectivity index (χ0) is 26.1. The summed E-state index contributed by atoms with van der Waals surface area (Å²) in [5.41, 5.74) is 6.26. The lowest BCUT2D eigenvalue weighted by atomic mass is 10.1. The number of aromatic nitrogens is 5. The largest absolute Gasteiger partial charge is 0.494 e. The number of nitrogens with one attached hydrogen (secondary N) is 1. The highest BCUT2D eigenvalue weighted by atomic mass is 16.5. The number of Topliss-reactive ketones (excluding diaryl/α,β-unsaturated/α-hetero) is 1. The number of amides is 3.